The highest BCUT2D eigenvalue weighted by Crippen LogP contribution is 2.16. The number of aromatic nitrogens is 3. The van der Waals surface area contributed by atoms with Crippen molar-refractivity contribution in [2.45, 2.75) is 18.7 Å². The second kappa shape index (κ2) is 7.21. The summed E-state index contributed by atoms with van der Waals surface area (Å²) in [4.78, 5) is 34.7. The van der Waals surface area contributed by atoms with Gasteiger partial charge in [-0.2, -0.15) is 15.0 Å². The zero-order valence-electron chi connectivity index (χ0n) is 13.6. The summed E-state index contributed by atoms with van der Waals surface area (Å²) >= 11 is 0. The van der Waals surface area contributed by atoms with Gasteiger partial charge in [-0.05, 0) is 19.9 Å². The lowest BCUT2D eigenvalue weighted by atomic mass is 10.1. The number of nitrogens with zero attached hydrogens (tertiary/aromatic N) is 3. The summed E-state index contributed by atoms with van der Waals surface area (Å²) in [6.07, 6.45) is 0. The smallest absolute Gasteiger partial charge is 0.335 e. The molecule has 0 bridgehead atoms. The van der Waals surface area contributed by atoms with E-state index in [1.54, 1.807) is 11.6 Å². The number of urea groups is 1. The number of amides is 2. The predicted molar refractivity (Wildman–Crippen MR) is 86.9 cm³/mol. The van der Waals surface area contributed by atoms with Gasteiger partial charge in [0, 0.05) is 5.56 Å². The van der Waals surface area contributed by atoms with E-state index in [9.17, 15) is 18.0 Å². The molecule has 25 heavy (non-hydrogen) atoms. The number of aryl methyl sites for hydroxylation is 1. The minimum absolute atomic E-state index is 0.0273. The van der Waals surface area contributed by atoms with Gasteiger partial charge in [0.15, 0.2) is 5.78 Å². The molecule has 0 spiro atoms. The quantitative estimate of drug-likeness (QED) is 0.745. The highest BCUT2D eigenvalue weighted by Gasteiger charge is 2.23. The molecule has 1 heterocycles. The molecular weight excluding hydrogens is 350 g/mol. The number of anilines is 1. The van der Waals surface area contributed by atoms with Crippen LogP contribution in [-0.2, 0) is 10.0 Å². The lowest BCUT2D eigenvalue weighted by Gasteiger charge is -2.10. The van der Waals surface area contributed by atoms with Crippen LogP contribution in [-0.4, -0.2) is 42.3 Å². The van der Waals surface area contributed by atoms with Crippen molar-refractivity contribution >= 4 is 27.8 Å². The first-order valence-corrected chi connectivity index (χ1v) is 8.41. The van der Waals surface area contributed by atoms with Crippen LogP contribution in [0.2, 0.25) is 0 Å². The van der Waals surface area contributed by atoms with E-state index in [0.29, 0.717) is 0 Å². The SMILES string of the molecule is COc1nc(C)nc(NC(=O)NS(=O)(=O)c2ccccc2C(C)=O)n1. The summed E-state index contributed by atoms with van der Waals surface area (Å²) in [5.41, 5.74) is -0.0273. The number of nitrogens with one attached hydrogen (secondary N) is 2. The maximum absolute atomic E-state index is 12.3. The monoisotopic (exact) mass is 365 g/mol. The summed E-state index contributed by atoms with van der Waals surface area (Å²) in [5.74, 6) is -0.358. The number of benzene rings is 1. The number of ether oxygens (including phenoxy) is 1. The van der Waals surface area contributed by atoms with Gasteiger partial charge in [-0.1, -0.05) is 18.2 Å². The maximum Gasteiger partial charge on any atom is 0.335 e. The zero-order chi connectivity index (χ0) is 18.6. The predicted octanol–water partition coefficient (Wildman–Crippen LogP) is 0.902. The Bertz CT molecular complexity index is 929. The Morgan fingerprint density at radius 2 is 1.80 bits per heavy atom. The van der Waals surface area contributed by atoms with Gasteiger partial charge in [0.1, 0.15) is 5.82 Å². The van der Waals surface area contributed by atoms with Crippen molar-refractivity contribution in [1.82, 2.24) is 19.7 Å². The number of sulfonamides is 1. The summed E-state index contributed by atoms with van der Waals surface area (Å²) in [6.45, 7) is 2.78. The Balaban J connectivity index is 2.23. The summed E-state index contributed by atoms with van der Waals surface area (Å²) in [6, 6.07) is 4.42. The molecule has 11 heteroatoms. The molecule has 2 aromatic rings. The Morgan fingerprint density at radius 3 is 2.44 bits per heavy atom. The molecule has 2 amide bonds. The van der Waals surface area contributed by atoms with E-state index in [1.165, 1.54) is 38.3 Å². The number of carbonyl (C=O) groups excluding carboxylic acids is 2. The molecule has 0 aliphatic heterocycles. The van der Waals surface area contributed by atoms with Gasteiger partial charge in [-0.3, -0.25) is 10.1 Å². The van der Waals surface area contributed by atoms with Crippen molar-refractivity contribution in [3.05, 3.63) is 35.7 Å². The van der Waals surface area contributed by atoms with Gasteiger partial charge in [-0.25, -0.2) is 17.9 Å². The molecule has 1 aromatic heterocycles. The topological polar surface area (TPSA) is 140 Å². The summed E-state index contributed by atoms with van der Waals surface area (Å²) in [7, 11) is -2.93. The van der Waals surface area contributed by atoms with Gasteiger partial charge in [0.25, 0.3) is 10.0 Å². The van der Waals surface area contributed by atoms with Crippen LogP contribution in [0.1, 0.15) is 23.1 Å². The molecule has 0 atom stereocenters. The number of rotatable bonds is 5. The second-order valence-electron chi connectivity index (χ2n) is 4.80. The van der Waals surface area contributed by atoms with Crippen LogP contribution in [0.15, 0.2) is 29.2 Å². The fourth-order valence-electron chi connectivity index (χ4n) is 1.90. The van der Waals surface area contributed by atoms with Crippen LogP contribution in [0.4, 0.5) is 10.7 Å². The first-order valence-electron chi connectivity index (χ1n) is 6.93. The van der Waals surface area contributed by atoms with Crippen LogP contribution in [0.3, 0.4) is 0 Å². The molecule has 0 saturated heterocycles. The average molecular weight is 365 g/mol. The lowest BCUT2D eigenvalue weighted by Crippen LogP contribution is -2.35. The van der Waals surface area contributed by atoms with Crippen molar-refractivity contribution in [2.24, 2.45) is 0 Å². The molecule has 0 unspecified atom stereocenters. The van der Waals surface area contributed by atoms with E-state index in [-0.39, 0.29) is 28.2 Å². The Morgan fingerprint density at radius 1 is 1.12 bits per heavy atom. The van der Waals surface area contributed by atoms with Crippen LogP contribution < -0.4 is 14.8 Å². The Kier molecular flexibility index (Phi) is 5.27. The van der Waals surface area contributed by atoms with E-state index in [0.717, 1.165) is 0 Å². The maximum atomic E-state index is 12.3. The normalized spacial score (nSPS) is 10.8. The third kappa shape index (κ3) is 4.47. The fraction of sp³-hybridized carbons (Fsp3) is 0.214. The minimum Gasteiger partial charge on any atom is -0.467 e. The summed E-state index contributed by atoms with van der Waals surface area (Å²) in [5, 5.41) is 2.18. The highest BCUT2D eigenvalue weighted by atomic mass is 32.2. The average Bonchev–Trinajstić information content (AvgIpc) is 2.53. The van der Waals surface area contributed by atoms with E-state index in [1.807, 2.05) is 0 Å². The lowest BCUT2D eigenvalue weighted by molar-refractivity contribution is 0.101. The third-order valence-electron chi connectivity index (χ3n) is 2.92. The van der Waals surface area contributed by atoms with Gasteiger partial charge >= 0.3 is 12.0 Å². The largest absolute Gasteiger partial charge is 0.467 e. The molecule has 2 N–H and O–H groups in total. The zero-order valence-corrected chi connectivity index (χ0v) is 14.4. The first-order chi connectivity index (χ1) is 11.7. The standard InChI is InChI=1S/C14H15N5O5S/c1-8(20)10-6-4-5-7-11(10)25(22,23)19-13(21)17-12-15-9(2)16-14(18-12)24-3/h4-7H,1-3H3,(H2,15,16,17,18,19,21). The molecule has 0 aliphatic rings. The van der Waals surface area contributed by atoms with Crippen LogP contribution in [0.25, 0.3) is 0 Å². The fourth-order valence-corrected chi connectivity index (χ4v) is 3.06. The number of ketones is 1. The molecule has 0 radical (unpaired) electrons. The molecule has 0 aliphatic carbocycles. The molecule has 0 fully saturated rings. The highest BCUT2D eigenvalue weighted by molar-refractivity contribution is 7.90. The van der Waals surface area contributed by atoms with Gasteiger partial charge in [0.2, 0.25) is 5.95 Å². The van der Waals surface area contributed by atoms with Crippen molar-refractivity contribution in [2.75, 3.05) is 12.4 Å². The van der Waals surface area contributed by atoms with E-state index in [2.05, 4.69) is 20.3 Å². The first kappa shape index (κ1) is 18.3. The van der Waals surface area contributed by atoms with E-state index in [4.69, 9.17) is 4.74 Å². The van der Waals surface area contributed by atoms with Gasteiger partial charge in [-0.15, -0.1) is 0 Å². The number of carbonyl (C=O) groups is 2. The Hall–Kier alpha value is -3.08. The molecule has 132 valence electrons. The number of Topliss-reactive ketones (excluding diaryl/α,β-unsaturated/α-hetero) is 1. The third-order valence-corrected chi connectivity index (χ3v) is 4.31. The number of methoxy groups -OCH3 is 1. The molecule has 1 aromatic carbocycles. The van der Waals surface area contributed by atoms with Crippen LogP contribution >= 0.6 is 0 Å². The molecule has 2 rings (SSSR count). The van der Waals surface area contributed by atoms with E-state index >= 15 is 0 Å². The summed E-state index contributed by atoms with van der Waals surface area (Å²) < 4.78 is 31.3. The number of hydrogen-bond donors (Lipinski definition) is 2. The van der Waals surface area contributed by atoms with Crippen molar-refractivity contribution in [3.63, 3.8) is 0 Å². The van der Waals surface area contributed by atoms with Gasteiger partial charge < -0.3 is 4.74 Å². The minimum atomic E-state index is -4.27. The molecular formula is C14H15N5O5S. The van der Waals surface area contributed by atoms with Crippen molar-refractivity contribution in [1.29, 1.82) is 0 Å². The second-order valence-corrected chi connectivity index (χ2v) is 6.46. The van der Waals surface area contributed by atoms with Crippen molar-refractivity contribution < 1.29 is 22.7 Å². The molecule has 10 nitrogen and oxygen atoms in total. The van der Waals surface area contributed by atoms with Crippen LogP contribution in [0.5, 0.6) is 6.01 Å². The van der Waals surface area contributed by atoms with Gasteiger partial charge in [0.05, 0.1) is 12.0 Å². The van der Waals surface area contributed by atoms with Crippen LogP contribution in [0, 0.1) is 6.92 Å². The number of hydrogen-bond acceptors (Lipinski definition) is 8. The Labute approximate surface area is 143 Å². The van der Waals surface area contributed by atoms with Crippen molar-refractivity contribution in [3.8, 4) is 6.01 Å². The van der Waals surface area contributed by atoms with E-state index < -0.39 is 21.8 Å². The molecule has 0 saturated carbocycles.